The molecule has 104 valence electrons. The second-order valence-electron chi connectivity index (χ2n) is 4.79. The molecule has 0 spiro atoms. The van der Waals surface area contributed by atoms with Gasteiger partial charge in [0.15, 0.2) is 5.75 Å². The lowest BCUT2D eigenvalue weighted by molar-refractivity contribution is 0.0631. The molecule has 0 aromatic heterocycles. The first kappa shape index (κ1) is 14.6. The second kappa shape index (κ2) is 5.05. The summed E-state index contributed by atoms with van der Waals surface area (Å²) in [5.41, 5.74) is -1.58. The molecule has 0 aliphatic carbocycles. The molecule has 7 heteroatoms. The van der Waals surface area contributed by atoms with Crippen LogP contribution >= 0.6 is 0 Å². The first-order valence-corrected chi connectivity index (χ1v) is 5.40. The van der Waals surface area contributed by atoms with Crippen molar-refractivity contribution in [3.63, 3.8) is 0 Å². The van der Waals surface area contributed by atoms with Gasteiger partial charge in [-0.3, -0.25) is 5.32 Å². The van der Waals surface area contributed by atoms with E-state index in [2.05, 4.69) is 5.32 Å². The van der Waals surface area contributed by atoms with Crippen LogP contribution in [0.15, 0.2) is 12.1 Å². The van der Waals surface area contributed by atoms with E-state index < -0.39 is 34.7 Å². The number of anilines is 1. The van der Waals surface area contributed by atoms with E-state index in [-0.39, 0.29) is 5.69 Å². The molecule has 0 heterocycles. The highest BCUT2D eigenvalue weighted by molar-refractivity contribution is 5.98. The van der Waals surface area contributed by atoms with Gasteiger partial charge in [-0.2, -0.15) is 0 Å². The number of hydrogen-bond donors (Lipinski definition) is 4. The van der Waals surface area contributed by atoms with Gasteiger partial charge in [0.2, 0.25) is 0 Å². The zero-order valence-electron chi connectivity index (χ0n) is 10.7. The summed E-state index contributed by atoms with van der Waals surface area (Å²) in [5, 5.41) is 30.0. The molecule has 4 N–H and O–H groups in total. The summed E-state index contributed by atoms with van der Waals surface area (Å²) in [6.07, 6.45) is -0.843. The minimum absolute atomic E-state index is 0.163. The first-order valence-electron chi connectivity index (χ1n) is 5.40. The van der Waals surface area contributed by atoms with E-state index in [4.69, 9.17) is 9.84 Å². The Kier molecular flexibility index (Phi) is 3.89. The molecular weight excluding hydrogens is 254 g/mol. The third-order valence-electron chi connectivity index (χ3n) is 2.01. The smallest absolute Gasteiger partial charge is 0.412 e. The molecule has 19 heavy (non-hydrogen) atoms. The van der Waals surface area contributed by atoms with Gasteiger partial charge >= 0.3 is 12.1 Å². The van der Waals surface area contributed by atoms with Crippen LogP contribution in [0, 0.1) is 0 Å². The fraction of sp³-hybridized carbons (Fsp3) is 0.333. The molecule has 1 rings (SSSR count). The van der Waals surface area contributed by atoms with Crippen LogP contribution in [0.3, 0.4) is 0 Å². The Morgan fingerprint density at radius 3 is 2.26 bits per heavy atom. The predicted octanol–water partition coefficient (Wildman–Crippen LogP) is 2.14. The molecule has 7 nitrogen and oxygen atoms in total. The SMILES string of the molecule is CC(C)(C)OC(=O)Nc1ccc(O)c(C(=O)O)c1O. The average Bonchev–Trinajstić information content (AvgIpc) is 2.19. The standard InChI is InChI=1S/C12H15NO6/c1-12(2,3)19-11(18)13-6-4-5-7(14)8(9(6)15)10(16)17/h4-5,14-15H,1-3H3,(H,13,18)(H,16,17). The third kappa shape index (κ3) is 3.77. The number of aromatic hydroxyl groups is 2. The van der Waals surface area contributed by atoms with Crippen molar-refractivity contribution in [2.45, 2.75) is 26.4 Å². The molecule has 1 aromatic carbocycles. The minimum Gasteiger partial charge on any atom is -0.507 e. The number of carbonyl (C=O) groups excluding carboxylic acids is 1. The van der Waals surface area contributed by atoms with Crippen molar-refractivity contribution in [1.82, 2.24) is 0 Å². The molecule has 0 fully saturated rings. The summed E-state index contributed by atoms with van der Waals surface area (Å²) in [7, 11) is 0. The monoisotopic (exact) mass is 269 g/mol. The highest BCUT2D eigenvalue weighted by Gasteiger charge is 2.22. The second-order valence-corrected chi connectivity index (χ2v) is 4.79. The quantitative estimate of drug-likeness (QED) is 0.483. The topological polar surface area (TPSA) is 116 Å². The Morgan fingerprint density at radius 1 is 1.21 bits per heavy atom. The molecular formula is C12H15NO6. The molecule has 0 aliphatic heterocycles. The number of benzene rings is 1. The number of nitrogens with one attached hydrogen (secondary N) is 1. The van der Waals surface area contributed by atoms with Gasteiger partial charge in [0.25, 0.3) is 0 Å². The Balaban J connectivity index is 3.01. The van der Waals surface area contributed by atoms with Gasteiger partial charge in [-0.05, 0) is 32.9 Å². The Labute approximate surface area is 109 Å². The van der Waals surface area contributed by atoms with E-state index >= 15 is 0 Å². The third-order valence-corrected chi connectivity index (χ3v) is 2.01. The number of carbonyl (C=O) groups is 2. The summed E-state index contributed by atoms with van der Waals surface area (Å²) in [6, 6.07) is 2.22. The molecule has 0 bridgehead atoms. The number of ether oxygens (including phenoxy) is 1. The maximum absolute atomic E-state index is 11.5. The fourth-order valence-corrected chi connectivity index (χ4v) is 1.31. The van der Waals surface area contributed by atoms with Crippen LogP contribution in [-0.4, -0.2) is 33.0 Å². The van der Waals surface area contributed by atoms with Gasteiger partial charge in [0, 0.05) is 0 Å². The van der Waals surface area contributed by atoms with Crippen molar-refractivity contribution in [2.75, 3.05) is 5.32 Å². The number of carboxylic acids is 1. The van der Waals surface area contributed by atoms with Gasteiger partial charge in [-0.25, -0.2) is 9.59 Å². The molecule has 0 aliphatic rings. The van der Waals surface area contributed by atoms with Crippen molar-refractivity contribution < 1.29 is 29.6 Å². The van der Waals surface area contributed by atoms with Crippen LogP contribution in [0.1, 0.15) is 31.1 Å². The Hall–Kier alpha value is -2.44. The van der Waals surface area contributed by atoms with Gasteiger partial charge in [-0.15, -0.1) is 0 Å². The van der Waals surface area contributed by atoms with Gasteiger partial charge in [0.05, 0.1) is 5.69 Å². The van der Waals surface area contributed by atoms with Crippen LogP contribution in [0.2, 0.25) is 0 Å². The van der Waals surface area contributed by atoms with Crippen molar-refractivity contribution in [1.29, 1.82) is 0 Å². The van der Waals surface area contributed by atoms with Crippen molar-refractivity contribution in [3.8, 4) is 11.5 Å². The fourth-order valence-electron chi connectivity index (χ4n) is 1.31. The van der Waals surface area contributed by atoms with E-state index in [1.165, 1.54) is 6.07 Å². The molecule has 0 radical (unpaired) electrons. The maximum atomic E-state index is 11.5. The van der Waals surface area contributed by atoms with Crippen LogP contribution < -0.4 is 5.32 Å². The van der Waals surface area contributed by atoms with Crippen molar-refractivity contribution >= 4 is 17.7 Å². The zero-order chi connectivity index (χ0) is 14.8. The van der Waals surface area contributed by atoms with Gasteiger partial charge in [-0.1, -0.05) is 0 Å². The van der Waals surface area contributed by atoms with E-state index in [9.17, 15) is 19.8 Å². The van der Waals surface area contributed by atoms with Crippen LogP contribution in [-0.2, 0) is 4.74 Å². The number of phenols is 2. The summed E-state index contributed by atoms with van der Waals surface area (Å²) >= 11 is 0. The summed E-state index contributed by atoms with van der Waals surface area (Å²) in [6.45, 7) is 4.98. The minimum atomic E-state index is -1.51. The molecule has 0 unspecified atom stereocenters. The largest absolute Gasteiger partial charge is 0.507 e. The number of amides is 1. The Bertz CT molecular complexity index is 518. The number of aromatic carboxylic acids is 1. The summed E-state index contributed by atoms with van der Waals surface area (Å²) < 4.78 is 4.96. The van der Waals surface area contributed by atoms with Gasteiger partial charge in [0.1, 0.15) is 16.9 Å². The molecule has 0 atom stereocenters. The zero-order valence-corrected chi connectivity index (χ0v) is 10.7. The Morgan fingerprint density at radius 2 is 1.79 bits per heavy atom. The van der Waals surface area contributed by atoms with Crippen LogP contribution in [0.5, 0.6) is 11.5 Å². The highest BCUT2D eigenvalue weighted by Crippen LogP contribution is 2.34. The van der Waals surface area contributed by atoms with Crippen LogP contribution in [0.4, 0.5) is 10.5 Å². The molecule has 1 aromatic rings. The van der Waals surface area contributed by atoms with E-state index in [1.54, 1.807) is 20.8 Å². The summed E-state index contributed by atoms with van der Waals surface area (Å²) in [5.74, 6) is -2.85. The average molecular weight is 269 g/mol. The lowest BCUT2D eigenvalue weighted by Crippen LogP contribution is -2.27. The van der Waals surface area contributed by atoms with Crippen LogP contribution in [0.25, 0.3) is 0 Å². The molecule has 1 amide bonds. The maximum Gasteiger partial charge on any atom is 0.412 e. The summed E-state index contributed by atoms with van der Waals surface area (Å²) in [4.78, 5) is 22.3. The molecule has 0 saturated carbocycles. The predicted molar refractivity (Wildman–Crippen MR) is 66.6 cm³/mol. The van der Waals surface area contributed by atoms with E-state index in [1.807, 2.05) is 0 Å². The molecule has 0 saturated heterocycles. The van der Waals surface area contributed by atoms with E-state index in [0.717, 1.165) is 6.07 Å². The van der Waals surface area contributed by atoms with E-state index in [0.29, 0.717) is 0 Å². The van der Waals surface area contributed by atoms with Crippen molar-refractivity contribution in [2.24, 2.45) is 0 Å². The first-order chi connectivity index (χ1) is 8.61. The highest BCUT2D eigenvalue weighted by atomic mass is 16.6. The number of rotatable bonds is 2. The number of hydrogen-bond acceptors (Lipinski definition) is 5. The number of carboxylic acid groups (broad SMARTS) is 1. The van der Waals surface area contributed by atoms with Crippen molar-refractivity contribution in [3.05, 3.63) is 17.7 Å². The lowest BCUT2D eigenvalue weighted by Gasteiger charge is -2.20. The normalized spacial score (nSPS) is 10.9. The van der Waals surface area contributed by atoms with Gasteiger partial charge < -0.3 is 20.1 Å². The lowest BCUT2D eigenvalue weighted by atomic mass is 10.1.